The Balaban J connectivity index is 2.60. The Morgan fingerprint density at radius 2 is 0.591 bits per heavy atom. The van der Waals surface area contributed by atoms with Gasteiger partial charge >= 0.3 is 0 Å². The largest absolute Gasteiger partial charge is 0.507 e. The van der Waals surface area contributed by atoms with Gasteiger partial charge in [-0.1, -0.05) is 125 Å². The van der Waals surface area contributed by atoms with Crippen molar-refractivity contribution in [3.8, 4) is 33.8 Å². The lowest BCUT2D eigenvalue weighted by molar-refractivity contribution is 0.327. The molecule has 0 atom stereocenters. The second kappa shape index (κ2) is 11.0. The highest BCUT2D eigenvalue weighted by atomic mass is 16.3. The van der Waals surface area contributed by atoms with Gasteiger partial charge in [0.1, 0.15) is 5.75 Å². The summed E-state index contributed by atoms with van der Waals surface area (Å²) in [5.41, 5.74) is 9.51. The number of aromatic hydroxyl groups is 1. The van der Waals surface area contributed by atoms with Crippen molar-refractivity contribution in [2.45, 2.75) is 157 Å². The zero-order valence-electron chi connectivity index (χ0n) is 31.3. The van der Waals surface area contributed by atoms with Crippen LogP contribution in [0.25, 0.3) is 22.3 Å². The van der Waals surface area contributed by atoms with Crippen LogP contribution in [-0.4, -0.2) is 5.11 Å². The lowest BCUT2D eigenvalue weighted by atomic mass is 9.71. The monoisotopic (exact) mass is 597 g/mol. The fraction of sp³-hybridized carbons (Fsp3) is 0.571. The number of benzene rings is 3. The van der Waals surface area contributed by atoms with Crippen molar-refractivity contribution in [3.05, 3.63) is 69.8 Å². The Hall–Kier alpha value is -2.74. The molecule has 0 aliphatic carbocycles. The SMILES string of the molecule is CC(C)(C)c1cc(-c2cc(C(C)(C)C)c(O)c(C(C)(C)C)c2)c(C(C)(C)C)cc1-c1cc(C(C)(C)C)c([O])c(C(C)(C)C)c1. The van der Waals surface area contributed by atoms with Crippen LogP contribution in [0.1, 0.15) is 158 Å². The minimum Gasteiger partial charge on any atom is -0.507 e. The van der Waals surface area contributed by atoms with Crippen molar-refractivity contribution in [1.29, 1.82) is 0 Å². The minimum atomic E-state index is -0.277. The van der Waals surface area contributed by atoms with Crippen molar-refractivity contribution >= 4 is 0 Å². The highest BCUT2D eigenvalue weighted by Crippen LogP contribution is 2.48. The quantitative estimate of drug-likeness (QED) is 0.313. The smallest absolute Gasteiger partial charge is 0.186 e. The van der Waals surface area contributed by atoms with Gasteiger partial charge in [0, 0.05) is 22.3 Å². The van der Waals surface area contributed by atoms with Gasteiger partial charge in [-0.05, 0) is 102 Å². The number of phenolic OH excluding ortho intramolecular Hbond substituents is 1. The van der Waals surface area contributed by atoms with E-state index < -0.39 is 0 Å². The maximum absolute atomic E-state index is 13.8. The topological polar surface area (TPSA) is 40.1 Å². The van der Waals surface area contributed by atoms with Gasteiger partial charge in [-0.2, -0.15) is 0 Å². The van der Waals surface area contributed by atoms with E-state index in [1.807, 2.05) is 0 Å². The number of hydrogen-bond donors (Lipinski definition) is 1. The predicted molar refractivity (Wildman–Crippen MR) is 191 cm³/mol. The molecule has 0 amide bonds. The first kappa shape index (κ1) is 35.7. The molecule has 0 unspecified atom stereocenters. The third-order valence-corrected chi connectivity index (χ3v) is 8.83. The molecule has 0 spiro atoms. The van der Waals surface area contributed by atoms with Crippen LogP contribution in [-0.2, 0) is 37.6 Å². The molecule has 0 aromatic heterocycles. The van der Waals surface area contributed by atoms with Crippen molar-refractivity contribution < 1.29 is 10.2 Å². The molecule has 2 heteroatoms. The first-order chi connectivity index (χ1) is 19.5. The molecular formula is C42H61O2. The van der Waals surface area contributed by atoms with Crippen LogP contribution in [0, 0.1) is 0 Å². The maximum Gasteiger partial charge on any atom is 0.186 e. The zero-order chi connectivity index (χ0) is 34.2. The fourth-order valence-corrected chi connectivity index (χ4v) is 6.15. The molecular weight excluding hydrogens is 536 g/mol. The van der Waals surface area contributed by atoms with Crippen molar-refractivity contribution in [2.24, 2.45) is 0 Å². The standard InChI is InChI=1S/C42H61O2/c1-37(2,3)29-23-28(26-21-33(41(13,14)15)36(44)34(22-26)42(16,17)18)30(38(4,5)6)24-27(29)25-19-31(39(7,8)9)35(43)32(20-25)40(10,11)12/h19-24,43H,1-18H3. The molecule has 241 valence electrons. The molecule has 44 heavy (non-hydrogen) atoms. The maximum atomic E-state index is 13.8. The molecule has 0 fully saturated rings. The summed E-state index contributed by atoms with van der Waals surface area (Å²) in [5, 5.41) is 25.3. The van der Waals surface area contributed by atoms with Gasteiger partial charge in [-0.3, -0.25) is 5.11 Å². The van der Waals surface area contributed by atoms with Crippen LogP contribution < -0.4 is 0 Å². The van der Waals surface area contributed by atoms with Crippen LogP contribution in [0.4, 0.5) is 0 Å². The molecule has 0 heterocycles. The third kappa shape index (κ3) is 7.21. The van der Waals surface area contributed by atoms with E-state index in [1.54, 1.807) is 0 Å². The number of rotatable bonds is 2. The summed E-state index contributed by atoms with van der Waals surface area (Å²) < 4.78 is 0. The minimum absolute atomic E-state index is 0.152. The van der Waals surface area contributed by atoms with Crippen LogP contribution in [0.2, 0.25) is 0 Å². The first-order valence-electron chi connectivity index (χ1n) is 16.4. The van der Waals surface area contributed by atoms with Crippen molar-refractivity contribution in [3.63, 3.8) is 0 Å². The molecule has 3 aromatic carbocycles. The lowest BCUT2D eigenvalue weighted by Crippen LogP contribution is -2.20. The molecule has 3 rings (SSSR count). The highest BCUT2D eigenvalue weighted by Gasteiger charge is 2.33. The predicted octanol–water partition coefficient (Wildman–Crippen LogP) is 12.7. The number of hydrogen-bond acceptors (Lipinski definition) is 1. The normalized spacial score (nSPS) is 13.9. The molecule has 0 saturated carbocycles. The van der Waals surface area contributed by atoms with Crippen LogP contribution in [0.15, 0.2) is 36.4 Å². The van der Waals surface area contributed by atoms with Gasteiger partial charge in [0.25, 0.3) is 0 Å². The Morgan fingerprint density at radius 3 is 0.818 bits per heavy atom. The molecule has 2 nitrogen and oxygen atoms in total. The van der Waals surface area contributed by atoms with E-state index in [0.717, 1.165) is 33.4 Å². The molecule has 1 N–H and O–H groups in total. The second-order valence-corrected chi connectivity index (χ2v) is 19.3. The summed E-state index contributed by atoms with van der Waals surface area (Å²) in [6.45, 7) is 39.5. The van der Waals surface area contributed by atoms with Crippen LogP contribution in [0.5, 0.6) is 11.5 Å². The number of phenols is 1. The molecule has 0 saturated heterocycles. The molecule has 0 bridgehead atoms. The summed E-state index contributed by atoms with van der Waals surface area (Å²) >= 11 is 0. The Morgan fingerprint density at radius 1 is 0.364 bits per heavy atom. The lowest BCUT2D eigenvalue weighted by Gasteiger charge is -2.33. The Bertz CT molecular complexity index is 1350. The van der Waals surface area contributed by atoms with E-state index in [-0.39, 0.29) is 38.2 Å². The summed E-state index contributed by atoms with van der Waals surface area (Å²) in [6, 6.07) is 13.5. The van der Waals surface area contributed by atoms with Crippen LogP contribution >= 0.6 is 0 Å². The molecule has 1 radical (unpaired) electrons. The van der Waals surface area contributed by atoms with Gasteiger partial charge in [0.15, 0.2) is 5.75 Å². The fourth-order valence-electron chi connectivity index (χ4n) is 6.15. The average molecular weight is 598 g/mol. The van der Waals surface area contributed by atoms with E-state index in [2.05, 4.69) is 161 Å². The van der Waals surface area contributed by atoms with Crippen molar-refractivity contribution in [2.75, 3.05) is 0 Å². The van der Waals surface area contributed by atoms with E-state index in [9.17, 15) is 10.2 Å². The highest BCUT2D eigenvalue weighted by molar-refractivity contribution is 5.81. The van der Waals surface area contributed by atoms with Gasteiger partial charge in [-0.25, -0.2) is 0 Å². The first-order valence-corrected chi connectivity index (χ1v) is 16.4. The summed E-state index contributed by atoms with van der Waals surface area (Å²) in [4.78, 5) is 0. The van der Waals surface area contributed by atoms with Gasteiger partial charge in [0.2, 0.25) is 0 Å². The van der Waals surface area contributed by atoms with E-state index in [4.69, 9.17) is 0 Å². The summed E-state index contributed by atoms with van der Waals surface area (Å²) in [7, 11) is 0. The summed E-state index contributed by atoms with van der Waals surface area (Å²) in [6.07, 6.45) is 0. The second-order valence-electron chi connectivity index (χ2n) is 19.3. The van der Waals surface area contributed by atoms with E-state index in [0.29, 0.717) is 5.75 Å². The van der Waals surface area contributed by atoms with E-state index >= 15 is 0 Å². The Kier molecular flexibility index (Phi) is 8.90. The van der Waals surface area contributed by atoms with Gasteiger partial charge in [0.05, 0.1) is 0 Å². The Labute approximate surface area is 270 Å². The van der Waals surface area contributed by atoms with E-state index in [1.165, 1.54) is 22.3 Å². The van der Waals surface area contributed by atoms with Crippen LogP contribution in [0.3, 0.4) is 0 Å². The van der Waals surface area contributed by atoms with Crippen molar-refractivity contribution in [1.82, 2.24) is 0 Å². The average Bonchev–Trinajstić information content (AvgIpc) is 2.79. The van der Waals surface area contributed by atoms with Gasteiger partial charge < -0.3 is 5.11 Å². The zero-order valence-corrected chi connectivity index (χ0v) is 31.3. The summed E-state index contributed by atoms with van der Waals surface area (Å²) in [5.74, 6) is 0.563. The molecule has 3 aromatic rings. The molecule has 0 aliphatic heterocycles. The molecule has 0 aliphatic rings. The third-order valence-electron chi connectivity index (χ3n) is 8.83. The van der Waals surface area contributed by atoms with Gasteiger partial charge in [-0.15, -0.1) is 0 Å².